The summed E-state index contributed by atoms with van der Waals surface area (Å²) in [4.78, 5) is 12.6. The molecule has 1 aliphatic rings. The maximum absolute atomic E-state index is 12.6. The number of carboxylic acid groups (broad SMARTS) is 1. The number of hydrogen-bond acceptors (Lipinski definition) is 2. The van der Waals surface area contributed by atoms with E-state index in [-0.39, 0.29) is 19.3 Å². The van der Waals surface area contributed by atoms with Crippen molar-refractivity contribution < 1.29 is 23.1 Å². The summed E-state index contributed by atoms with van der Waals surface area (Å²) in [5, 5.41) is 8.69. The summed E-state index contributed by atoms with van der Waals surface area (Å²) in [7, 11) is 0. The molecular weight excluding hydrogens is 283 g/mol. The van der Waals surface area contributed by atoms with Crippen LogP contribution in [-0.2, 0) is 17.8 Å². The Bertz CT molecular complexity index is 477. The molecule has 3 nitrogen and oxygen atoms in total. The Kier molecular flexibility index (Phi) is 4.88. The minimum Gasteiger partial charge on any atom is -0.481 e. The molecule has 1 aliphatic heterocycles. The Morgan fingerprint density at radius 2 is 1.67 bits per heavy atom. The number of rotatable bonds is 4. The fourth-order valence-corrected chi connectivity index (χ4v) is 2.61. The van der Waals surface area contributed by atoms with Crippen molar-refractivity contribution in [3.05, 3.63) is 35.4 Å². The number of carboxylic acids is 1. The number of likely N-dealkylation sites (tertiary alicyclic amines) is 1. The van der Waals surface area contributed by atoms with Gasteiger partial charge in [0.25, 0.3) is 0 Å². The smallest absolute Gasteiger partial charge is 0.391 e. The van der Waals surface area contributed by atoms with Crippen molar-refractivity contribution >= 4 is 5.97 Å². The molecule has 0 atom stereocenters. The van der Waals surface area contributed by atoms with Gasteiger partial charge in [0.1, 0.15) is 0 Å². The second kappa shape index (κ2) is 6.47. The molecule has 0 amide bonds. The van der Waals surface area contributed by atoms with Crippen LogP contribution >= 0.6 is 0 Å². The predicted molar refractivity (Wildman–Crippen MR) is 71.8 cm³/mol. The molecule has 1 heterocycles. The number of benzene rings is 1. The second-order valence-corrected chi connectivity index (χ2v) is 5.48. The number of halogens is 3. The molecule has 1 aromatic rings. The zero-order valence-electron chi connectivity index (χ0n) is 11.6. The third-order valence-electron chi connectivity index (χ3n) is 3.83. The van der Waals surface area contributed by atoms with Crippen molar-refractivity contribution in [1.82, 2.24) is 4.90 Å². The molecule has 1 N–H and O–H groups in total. The van der Waals surface area contributed by atoms with E-state index in [0.29, 0.717) is 19.6 Å². The van der Waals surface area contributed by atoms with Gasteiger partial charge in [-0.2, -0.15) is 13.2 Å². The molecule has 1 aromatic carbocycles. The Hall–Kier alpha value is -1.56. The van der Waals surface area contributed by atoms with Crippen LogP contribution in [0.4, 0.5) is 13.2 Å². The first-order valence-corrected chi connectivity index (χ1v) is 6.93. The average molecular weight is 301 g/mol. The quantitative estimate of drug-likeness (QED) is 0.929. The molecule has 1 saturated heterocycles. The summed E-state index contributed by atoms with van der Waals surface area (Å²) in [5.41, 5.74) is 1.72. The lowest BCUT2D eigenvalue weighted by atomic mass is 9.96. The molecule has 0 saturated carbocycles. The van der Waals surface area contributed by atoms with E-state index in [2.05, 4.69) is 0 Å². The van der Waals surface area contributed by atoms with Gasteiger partial charge in [0, 0.05) is 6.54 Å². The van der Waals surface area contributed by atoms with Crippen LogP contribution < -0.4 is 0 Å². The Morgan fingerprint density at radius 3 is 2.14 bits per heavy atom. The second-order valence-electron chi connectivity index (χ2n) is 5.48. The van der Waals surface area contributed by atoms with Gasteiger partial charge in [-0.1, -0.05) is 24.3 Å². The van der Waals surface area contributed by atoms with Crippen LogP contribution in [0.5, 0.6) is 0 Å². The monoisotopic (exact) mass is 301 g/mol. The van der Waals surface area contributed by atoms with Crippen LogP contribution in [0.2, 0.25) is 0 Å². The van der Waals surface area contributed by atoms with E-state index in [9.17, 15) is 18.0 Å². The van der Waals surface area contributed by atoms with Crippen LogP contribution in [0.3, 0.4) is 0 Å². The van der Waals surface area contributed by atoms with Crippen molar-refractivity contribution in [2.75, 3.05) is 13.1 Å². The highest BCUT2D eigenvalue weighted by molar-refractivity contribution is 5.70. The van der Waals surface area contributed by atoms with E-state index in [1.807, 2.05) is 17.0 Å². The number of alkyl halides is 3. The molecule has 116 valence electrons. The van der Waals surface area contributed by atoms with E-state index >= 15 is 0 Å². The standard InChI is InChI=1S/C15H18F3NO2/c16-15(17,18)13-5-7-19(8-6-13)10-12-3-1-11(2-4-12)9-14(20)21/h1-4,13H,5-10H2,(H,20,21). The summed E-state index contributed by atoms with van der Waals surface area (Å²) in [5.74, 6) is -2.05. The third kappa shape index (κ3) is 4.74. The molecule has 0 aliphatic carbocycles. The average Bonchev–Trinajstić information content (AvgIpc) is 2.40. The topological polar surface area (TPSA) is 40.5 Å². The molecule has 21 heavy (non-hydrogen) atoms. The van der Waals surface area contributed by atoms with Crippen molar-refractivity contribution in [2.45, 2.75) is 32.0 Å². The first-order chi connectivity index (χ1) is 9.84. The van der Waals surface area contributed by atoms with Crippen LogP contribution in [0.25, 0.3) is 0 Å². The SMILES string of the molecule is O=C(O)Cc1ccc(CN2CCC(C(F)(F)F)CC2)cc1. The molecule has 0 radical (unpaired) electrons. The minimum atomic E-state index is -4.08. The summed E-state index contributed by atoms with van der Waals surface area (Å²) in [6, 6.07) is 7.19. The summed E-state index contributed by atoms with van der Waals surface area (Å²) < 4.78 is 37.7. The summed E-state index contributed by atoms with van der Waals surface area (Å²) in [6.45, 7) is 1.50. The highest BCUT2D eigenvalue weighted by Gasteiger charge is 2.40. The normalized spacial score (nSPS) is 17.9. The van der Waals surface area contributed by atoms with E-state index in [0.717, 1.165) is 11.1 Å². The number of aliphatic carboxylic acids is 1. The summed E-state index contributed by atoms with van der Waals surface area (Å²) >= 11 is 0. The van der Waals surface area contributed by atoms with Gasteiger partial charge in [0.15, 0.2) is 0 Å². The maximum atomic E-state index is 12.6. The lowest BCUT2D eigenvalue weighted by Gasteiger charge is -2.32. The molecule has 0 bridgehead atoms. The molecule has 1 fully saturated rings. The minimum absolute atomic E-state index is 0.0166. The van der Waals surface area contributed by atoms with Gasteiger partial charge in [-0.3, -0.25) is 9.69 Å². The zero-order valence-corrected chi connectivity index (χ0v) is 11.6. The van der Waals surface area contributed by atoms with Crippen molar-refractivity contribution in [1.29, 1.82) is 0 Å². The van der Waals surface area contributed by atoms with Crippen LogP contribution in [0.1, 0.15) is 24.0 Å². The van der Waals surface area contributed by atoms with Crippen molar-refractivity contribution in [3.8, 4) is 0 Å². The first kappa shape index (κ1) is 15.8. The van der Waals surface area contributed by atoms with Crippen molar-refractivity contribution in [2.24, 2.45) is 5.92 Å². The lowest BCUT2D eigenvalue weighted by Crippen LogP contribution is -2.38. The number of carbonyl (C=O) groups is 1. The molecule has 6 heteroatoms. The molecule has 0 spiro atoms. The van der Waals surface area contributed by atoms with Crippen molar-refractivity contribution in [3.63, 3.8) is 0 Å². The van der Waals surface area contributed by atoms with E-state index in [4.69, 9.17) is 5.11 Å². The highest BCUT2D eigenvalue weighted by Crippen LogP contribution is 2.34. The van der Waals surface area contributed by atoms with Gasteiger partial charge >= 0.3 is 12.1 Å². The third-order valence-corrected chi connectivity index (χ3v) is 3.83. The Labute approximate surface area is 121 Å². The van der Waals surface area contributed by atoms with E-state index in [1.165, 1.54) is 0 Å². The number of piperidine rings is 1. The molecule has 0 aromatic heterocycles. The zero-order chi connectivity index (χ0) is 15.5. The van der Waals surface area contributed by atoms with Crippen LogP contribution in [0.15, 0.2) is 24.3 Å². The first-order valence-electron chi connectivity index (χ1n) is 6.93. The fraction of sp³-hybridized carbons (Fsp3) is 0.533. The number of nitrogens with zero attached hydrogens (tertiary/aromatic N) is 1. The van der Waals surface area contributed by atoms with Gasteiger partial charge < -0.3 is 5.11 Å². The van der Waals surface area contributed by atoms with Gasteiger partial charge in [0.05, 0.1) is 12.3 Å². The molecule has 2 rings (SSSR count). The van der Waals surface area contributed by atoms with Gasteiger partial charge in [-0.25, -0.2) is 0 Å². The van der Waals surface area contributed by atoms with Gasteiger partial charge in [0.2, 0.25) is 0 Å². The Balaban J connectivity index is 1.85. The number of hydrogen-bond donors (Lipinski definition) is 1. The van der Waals surface area contributed by atoms with Crippen LogP contribution in [0, 0.1) is 5.92 Å². The van der Waals surface area contributed by atoms with E-state index < -0.39 is 18.1 Å². The predicted octanol–water partition coefficient (Wildman–Crippen LogP) is 3.09. The summed E-state index contributed by atoms with van der Waals surface area (Å²) in [6.07, 6.45) is -3.79. The Morgan fingerprint density at radius 1 is 1.14 bits per heavy atom. The largest absolute Gasteiger partial charge is 0.481 e. The maximum Gasteiger partial charge on any atom is 0.391 e. The molecular formula is C15H18F3NO2. The van der Waals surface area contributed by atoms with Gasteiger partial charge in [-0.15, -0.1) is 0 Å². The highest BCUT2D eigenvalue weighted by atomic mass is 19.4. The fourth-order valence-electron chi connectivity index (χ4n) is 2.61. The van der Waals surface area contributed by atoms with Crippen LogP contribution in [-0.4, -0.2) is 35.2 Å². The van der Waals surface area contributed by atoms with Gasteiger partial charge in [-0.05, 0) is 37.1 Å². The lowest BCUT2D eigenvalue weighted by molar-refractivity contribution is -0.185. The van der Waals surface area contributed by atoms with E-state index in [1.54, 1.807) is 12.1 Å². The molecule has 0 unspecified atom stereocenters.